The van der Waals surface area contributed by atoms with E-state index in [1.807, 2.05) is 24.3 Å². The highest BCUT2D eigenvalue weighted by atomic mass is 16.6. The molecule has 0 radical (unpaired) electrons. The predicted octanol–water partition coefficient (Wildman–Crippen LogP) is 3.75. The van der Waals surface area contributed by atoms with Crippen molar-refractivity contribution in [3.05, 3.63) is 29.8 Å². The molecule has 2 rings (SSSR count). The molecule has 5 heteroatoms. The molecule has 0 atom stereocenters. The van der Waals surface area contributed by atoms with Crippen LogP contribution in [-0.4, -0.2) is 31.1 Å². The second kappa shape index (κ2) is 9.60. The molecule has 5 nitrogen and oxygen atoms in total. The number of carbonyl (C=O) groups excluding carboxylic acids is 2. The average Bonchev–Trinajstić information content (AvgIpc) is 2.86. The van der Waals surface area contributed by atoms with Crippen LogP contribution in [0.3, 0.4) is 0 Å². The van der Waals surface area contributed by atoms with Crippen molar-refractivity contribution in [2.24, 2.45) is 0 Å². The van der Waals surface area contributed by atoms with Crippen molar-refractivity contribution < 1.29 is 19.1 Å². The fourth-order valence-electron chi connectivity index (χ4n) is 3.07. The molecule has 1 aliphatic rings. The number of esters is 1. The van der Waals surface area contributed by atoms with Crippen LogP contribution in [0.1, 0.15) is 64.9 Å². The van der Waals surface area contributed by atoms with Crippen molar-refractivity contribution in [3.63, 3.8) is 0 Å². The first-order valence-electron chi connectivity index (χ1n) is 9.53. The van der Waals surface area contributed by atoms with E-state index in [0.717, 1.165) is 25.7 Å². The Morgan fingerprint density at radius 1 is 1.00 bits per heavy atom. The minimum Gasteiger partial charge on any atom is -0.482 e. The third-order valence-corrected chi connectivity index (χ3v) is 4.66. The first kappa shape index (κ1) is 20.3. The van der Waals surface area contributed by atoms with Crippen molar-refractivity contribution in [2.75, 3.05) is 13.2 Å². The van der Waals surface area contributed by atoms with E-state index in [0.29, 0.717) is 5.75 Å². The van der Waals surface area contributed by atoms with Crippen LogP contribution in [0, 0.1) is 0 Å². The number of carbonyl (C=O) groups is 2. The van der Waals surface area contributed by atoms with Crippen LogP contribution in [0.15, 0.2) is 24.3 Å². The molecule has 1 N–H and O–H groups in total. The van der Waals surface area contributed by atoms with Crippen LogP contribution >= 0.6 is 0 Å². The van der Waals surface area contributed by atoms with Gasteiger partial charge in [0.15, 0.2) is 13.2 Å². The van der Waals surface area contributed by atoms with Gasteiger partial charge in [-0.1, -0.05) is 58.6 Å². The van der Waals surface area contributed by atoms with E-state index in [2.05, 4.69) is 26.1 Å². The Balaban J connectivity index is 1.67. The minimum atomic E-state index is -0.541. The quantitative estimate of drug-likeness (QED) is 0.619. The molecule has 26 heavy (non-hydrogen) atoms. The van der Waals surface area contributed by atoms with Crippen molar-refractivity contribution in [3.8, 4) is 5.75 Å². The maximum Gasteiger partial charge on any atom is 0.344 e. The number of hydrogen-bond donors (Lipinski definition) is 1. The Morgan fingerprint density at radius 3 is 2.19 bits per heavy atom. The molecule has 0 unspecified atom stereocenters. The van der Waals surface area contributed by atoms with E-state index in [1.165, 1.54) is 18.4 Å². The van der Waals surface area contributed by atoms with Crippen LogP contribution in [0.2, 0.25) is 0 Å². The summed E-state index contributed by atoms with van der Waals surface area (Å²) in [4.78, 5) is 23.7. The summed E-state index contributed by atoms with van der Waals surface area (Å²) in [6.07, 6.45) is 6.77. The zero-order valence-corrected chi connectivity index (χ0v) is 16.2. The van der Waals surface area contributed by atoms with Crippen molar-refractivity contribution in [1.82, 2.24) is 5.32 Å². The lowest BCUT2D eigenvalue weighted by atomic mass is 9.87. The molecule has 0 aromatic heterocycles. The zero-order chi connectivity index (χ0) is 19.0. The second-order valence-electron chi connectivity index (χ2n) is 7.98. The average molecular weight is 361 g/mol. The highest BCUT2D eigenvalue weighted by Crippen LogP contribution is 2.24. The molecular formula is C21H31NO4. The molecule has 1 fully saturated rings. The summed E-state index contributed by atoms with van der Waals surface area (Å²) in [5, 5.41) is 2.95. The summed E-state index contributed by atoms with van der Waals surface area (Å²) in [7, 11) is 0. The van der Waals surface area contributed by atoms with E-state index in [1.54, 1.807) is 0 Å². The minimum absolute atomic E-state index is 0.0716. The lowest BCUT2D eigenvalue weighted by molar-refractivity contribution is -0.150. The summed E-state index contributed by atoms with van der Waals surface area (Å²) in [5.41, 5.74) is 1.27. The first-order valence-corrected chi connectivity index (χ1v) is 9.53. The molecule has 1 aromatic rings. The Morgan fingerprint density at radius 2 is 1.62 bits per heavy atom. The van der Waals surface area contributed by atoms with Crippen molar-refractivity contribution in [2.45, 2.75) is 70.8 Å². The molecular weight excluding hydrogens is 330 g/mol. The molecule has 0 spiro atoms. The van der Waals surface area contributed by atoms with Crippen LogP contribution in [0.5, 0.6) is 5.75 Å². The topological polar surface area (TPSA) is 64.6 Å². The third-order valence-electron chi connectivity index (χ3n) is 4.66. The van der Waals surface area contributed by atoms with Gasteiger partial charge in [-0.05, 0) is 36.0 Å². The Hall–Kier alpha value is -2.04. The first-order chi connectivity index (χ1) is 12.3. The number of amides is 1. The van der Waals surface area contributed by atoms with Gasteiger partial charge in [-0.2, -0.15) is 0 Å². The van der Waals surface area contributed by atoms with E-state index in [4.69, 9.17) is 9.47 Å². The Labute approximate surface area is 156 Å². The Kier molecular flexibility index (Phi) is 7.49. The van der Waals surface area contributed by atoms with Crippen LogP contribution in [-0.2, 0) is 19.7 Å². The smallest absolute Gasteiger partial charge is 0.344 e. The van der Waals surface area contributed by atoms with E-state index in [-0.39, 0.29) is 30.6 Å². The summed E-state index contributed by atoms with van der Waals surface area (Å²) in [5.74, 6) is -0.168. The van der Waals surface area contributed by atoms with E-state index >= 15 is 0 Å². The number of nitrogens with one attached hydrogen (secondary N) is 1. The van der Waals surface area contributed by atoms with E-state index in [9.17, 15) is 9.59 Å². The molecule has 0 saturated heterocycles. The number of ether oxygens (including phenoxy) is 2. The lowest BCUT2D eigenvalue weighted by Crippen LogP contribution is -2.37. The molecule has 1 aliphatic carbocycles. The highest BCUT2D eigenvalue weighted by Gasteiger charge is 2.16. The number of rotatable bonds is 6. The largest absolute Gasteiger partial charge is 0.482 e. The van der Waals surface area contributed by atoms with Crippen molar-refractivity contribution >= 4 is 11.9 Å². The zero-order valence-electron chi connectivity index (χ0n) is 16.2. The predicted molar refractivity (Wildman–Crippen MR) is 101 cm³/mol. The molecule has 0 heterocycles. The molecule has 1 amide bonds. The van der Waals surface area contributed by atoms with Gasteiger partial charge in [0, 0.05) is 6.04 Å². The standard InChI is InChI=1S/C21H31NO4/c1-21(2,3)16-10-12-18(13-11-16)25-15-20(24)26-14-19(23)22-17-8-6-4-5-7-9-17/h10-13,17H,4-9,14-15H2,1-3H3,(H,22,23). The SMILES string of the molecule is CC(C)(C)c1ccc(OCC(=O)OCC(=O)NC2CCCCCC2)cc1. The fraction of sp³-hybridized carbons (Fsp3) is 0.619. The lowest BCUT2D eigenvalue weighted by Gasteiger charge is -2.19. The van der Waals surface area contributed by atoms with Gasteiger partial charge in [-0.3, -0.25) is 4.79 Å². The molecule has 1 saturated carbocycles. The molecule has 0 aliphatic heterocycles. The normalized spacial score (nSPS) is 15.8. The van der Waals surface area contributed by atoms with E-state index < -0.39 is 5.97 Å². The van der Waals surface area contributed by atoms with Gasteiger partial charge in [0.2, 0.25) is 0 Å². The maximum absolute atomic E-state index is 11.9. The summed E-state index contributed by atoms with van der Waals surface area (Å²) >= 11 is 0. The van der Waals surface area contributed by atoms with Crippen LogP contribution in [0.25, 0.3) is 0 Å². The van der Waals surface area contributed by atoms with Gasteiger partial charge >= 0.3 is 5.97 Å². The number of benzene rings is 1. The number of hydrogen-bond acceptors (Lipinski definition) is 4. The van der Waals surface area contributed by atoms with Gasteiger partial charge in [0.25, 0.3) is 5.91 Å². The molecule has 1 aromatic carbocycles. The van der Waals surface area contributed by atoms with Gasteiger partial charge in [0.05, 0.1) is 0 Å². The highest BCUT2D eigenvalue weighted by molar-refractivity contribution is 5.81. The second-order valence-corrected chi connectivity index (χ2v) is 7.98. The van der Waals surface area contributed by atoms with Gasteiger partial charge in [-0.25, -0.2) is 4.79 Å². The van der Waals surface area contributed by atoms with Gasteiger partial charge < -0.3 is 14.8 Å². The van der Waals surface area contributed by atoms with Gasteiger partial charge in [0.1, 0.15) is 5.75 Å². The van der Waals surface area contributed by atoms with Crippen molar-refractivity contribution in [1.29, 1.82) is 0 Å². The summed E-state index contributed by atoms with van der Waals surface area (Å²) in [6, 6.07) is 7.86. The monoisotopic (exact) mass is 361 g/mol. The summed E-state index contributed by atoms with van der Waals surface area (Å²) < 4.78 is 10.4. The molecule has 0 bridgehead atoms. The Bertz CT molecular complexity index is 581. The third kappa shape index (κ3) is 7.06. The van der Waals surface area contributed by atoms with Gasteiger partial charge in [-0.15, -0.1) is 0 Å². The maximum atomic E-state index is 11.9. The fourth-order valence-corrected chi connectivity index (χ4v) is 3.07. The van der Waals surface area contributed by atoms with Crippen LogP contribution < -0.4 is 10.1 Å². The molecule has 144 valence electrons. The van der Waals surface area contributed by atoms with Crippen LogP contribution in [0.4, 0.5) is 0 Å². The summed E-state index contributed by atoms with van der Waals surface area (Å²) in [6.45, 7) is 5.97.